The van der Waals surface area contributed by atoms with Crippen molar-refractivity contribution in [3.63, 3.8) is 0 Å². The van der Waals surface area contributed by atoms with Crippen molar-refractivity contribution in [3.8, 4) is 0 Å². The quantitative estimate of drug-likeness (QED) is 0.618. The van der Waals surface area contributed by atoms with E-state index in [4.69, 9.17) is 11.6 Å². The van der Waals surface area contributed by atoms with Gasteiger partial charge < -0.3 is 0 Å². The molecule has 0 aliphatic heterocycles. The number of aromatic nitrogens is 2. The Hall–Kier alpha value is -0.0200. The zero-order chi connectivity index (χ0) is 6.15. The largest absolute Gasteiger partial charge is 0.256 e. The fourth-order valence-electron chi connectivity index (χ4n) is 0.396. The molecular formula is C4H4BrClN2. The van der Waals surface area contributed by atoms with Gasteiger partial charge in [0, 0.05) is 7.05 Å². The zero-order valence-corrected chi connectivity index (χ0v) is 6.57. The second-order valence-electron chi connectivity index (χ2n) is 1.41. The minimum Gasteiger partial charge on any atom is -0.256 e. The maximum absolute atomic E-state index is 5.65. The van der Waals surface area contributed by atoms with E-state index in [0.717, 1.165) is 4.47 Å². The summed E-state index contributed by atoms with van der Waals surface area (Å²) in [5.41, 5.74) is 0. The van der Waals surface area contributed by atoms with Crippen molar-refractivity contribution in [3.05, 3.63) is 15.8 Å². The summed E-state index contributed by atoms with van der Waals surface area (Å²) in [6.45, 7) is 0. The molecule has 0 spiro atoms. The Kier molecular flexibility index (Phi) is 1.58. The van der Waals surface area contributed by atoms with Crippen molar-refractivity contribution in [1.82, 2.24) is 9.78 Å². The fourth-order valence-corrected chi connectivity index (χ4v) is 0.836. The van der Waals surface area contributed by atoms with Crippen molar-refractivity contribution >= 4 is 27.5 Å². The molecule has 0 unspecified atom stereocenters. The molecule has 0 N–H and O–H groups in total. The first-order chi connectivity index (χ1) is 3.72. The molecule has 0 bridgehead atoms. The highest BCUT2D eigenvalue weighted by molar-refractivity contribution is 9.10. The van der Waals surface area contributed by atoms with Crippen LogP contribution in [0.3, 0.4) is 0 Å². The third-order valence-electron chi connectivity index (χ3n) is 0.825. The van der Waals surface area contributed by atoms with Gasteiger partial charge in [0.15, 0.2) is 0 Å². The lowest BCUT2D eigenvalue weighted by Crippen LogP contribution is -1.87. The molecule has 0 atom stereocenters. The first-order valence-corrected chi connectivity index (χ1v) is 3.22. The highest BCUT2D eigenvalue weighted by atomic mass is 79.9. The SMILES string of the molecule is Cn1ncc(Br)c1Cl. The van der Waals surface area contributed by atoms with Gasteiger partial charge in [0.05, 0.1) is 10.7 Å². The minimum atomic E-state index is 0.630. The Balaban J connectivity index is 3.19. The van der Waals surface area contributed by atoms with Gasteiger partial charge in [-0.1, -0.05) is 11.6 Å². The molecule has 1 aromatic rings. The summed E-state index contributed by atoms with van der Waals surface area (Å²) in [5, 5.41) is 4.48. The molecule has 0 aliphatic rings. The van der Waals surface area contributed by atoms with Crippen LogP contribution in [0.2, 0.25) is 5.15 Å². The van der Waals surface area contributed by atoms with Crippen molar-refractivity contribution < 1.29 is 0 Å². The summed E-state index contributed by atoms with van der Waals surface area (Å²) >= 11 is 8.85. The summed E-state index contributed by atoms with van der Waals surface area (Å²) in [6.07, 6.45) is 1.66. The maximum Gasteiger partial charge on any atom is 0.140 e. The number of halogens is 2. The Morgan fingerprint density at radius 3 is 2.62 bits per heavy atom. The van der Waals surface area contributed by atoms with Gasteiger partial charge in [0.1, 0.15) is 5.15 Å². The van der Waals surface area contributed by atoms with E-state index in [0.29, 0.717) is 5.15 Å². The van der Waals surface area contributed by atoms with Crippen LogP contribution < -0.4 is 0 Å². The number of aryl methyl sites for hydroxylation is 1. The monoisotopic (exact) mass is 194 g/mol. The highest BCUT2D eigenvalue weighted by Crippen LogP contribution is 2.19. The summed E-state index contributed by atoms with van der Waals surface area (Å²) in [7, 11) is 1.78. The Morgan fingerprint density at radius 1 is 1.88 bits per heavy atom. The third-order valence-corrected chi connectivity index (χ3v) is 2.08. The zero-order valence-electron chi connectivity index (χ0n) is 4.23. The number of hydrogen-bond donors (Lipinski definition) is 0. The minimum absolute atomic E-state index is 0.630. The molecule has 0 aromatic carbocycles. The van der Waals surface area contributed by atoms with Gasteiger partial charge >= 0.3 is 0 Å². The molecule has 8 heavy (non-hydrogen) atoms. The van der Waals surface area contributed by atoms with E-state index in [2.05, 4.69) is 21.0 Å². The van der Waals surface area contributed by atoms with Gasteiger partial charge in [-0.05, 0) is 15.9 Å². The average molecular weight is 195 g/mol. The Labute approximate surface area is 60.6 Å². The molecule has 0 saturated heterocycles. The molecule has 0 fully saturated rings. The van der Waals surface area contributed by atoms with E-state index in [1.54, 1.807) is 17.9 Å². The van der Waals surface area contributed by atoms with Gasteiger partial charge in [0.2, 0.25) is 0 Å². The molecule has 2 nitrogen and oxygen atoms in total. The second-order valence-corrected chi connectivity index (χ2v) is 2.62. The number of rotatable bonds is 0. The topological polar surface area (TPSA) is 17.8 Å². The van der Waals surface area contributed by atoms with Crippen molar-refractivity contribution in [2.24, 2.45) is 7.05 Å². The summed E-state index contributed by atoms with van der Waals surface area (Å²) in [4.78, 5) is 0. The maximum atomic E-state index is 5.65. The molecule has 0 amide bonds. The normalized spacial score (nSPS) is 9.88. The van der Waals surface area contributed by atoms with Crippen LogP contribution in [0.5, 0.6) is 0 Å². The highest BCUT2D eigenvalue weighted by Gasteiger charge is 1.98. The van der Waals surface area contributed by atoms with Crippen LogP contribution in [0, 0.1) is 0 Å². The molecule has 0 radical (unpaired) electrons. The molecule has 0 saturated carbocycles. The fraction of sp³-hybridized carbons (Fsp3) is 0.250. The van der Waals surface area contributed by atoms with Gasteiger partial charge in [0.25, 0.3) is 0 Å². The van der Waals surface area contributed by atoms with E-state index < -0.39 is 0 Å². The van der Waals surface area contributed by atoms with Crippen LogP contribution in [0.15, 0.2) is 10.7 Å². The van der Waals surface area contributed by atoms with Crippen LogP contribution in [-0.4, -0.2) is 9.78 Å². The predicted octanol–water partition coefficient (Wildman–Crippen LogP) is 1.84. The number of hydrogen-bond acceptors (Lipinski definition) is 1. The molecule has 4 heteroatoms. The molecule has 1 heterocycles. The van der Waals surface area contributed by atoms with Crippen LogP contribution in [0.1, 0.15) is 0 Å². The lowest BCUT2D eigenvalue weighted by Gasteiger charge is -1.86. The molecule has 1 aromatic heterocycles. The smallest absolute Gasteiger partial charge is 0.140 e. The molecule has 44 valence electrons. The Morgan fingerprint density at radius 2 is 2.50 bits per heavy atom. The third kappa shape index (κ3) is 0.880. The standard InChI is InChI=1S/C4H4BrClN2/c1-8-4(6)3(5)2-7-8/h2H,1H3. The Bertz CT molecular complexity index is 176. The average Bonchev–Trinajstić information content (AvgIpc) is 1.98. The first kappa shape index (κ1) is 6.11. The van der Waals surface area contributed by atoms with E-state index >= 15 is 0 Å². The second kappa shape index (κ2) is 2.07. The molecule has 0 aliphatic carbocycles. The van der Waals surface area contributed by atoms with E-state index in [1.807, 2.05) is 0 Å². The van der Waals surface area contributed by atoms with Crippen molar-refractivity contribution in [2.45, 2.75) is 0 Å². The van der Waals surface area contributed by atoms with Crippen LogP contribution in [0.25, 0.3) is 0 Å². The molecular weight excluding hydrogens is 191 g/mol. The van der Waals surface area contributed by atoms with Gasteiger partial charge in [-0.25, -0.2) is 0 Å². The van der Waals surface area contributed by atoms with Crippen LogP contribution in [-0.2, 0) is 7.05 Å². The van der Waals surface area contributed by atoms with E-state index in [-0.39, 0.29) is 0 Å². The van der Waals surface area contributed by atoms with E-state index in [1.165, 1.54) is 0 Å². The summed E-state index contributed by atoms with van der Waals surface area (Å²) in [6, 6.07) is 0. The first-order valence-electron chi connectivity index (χ1n) is 2.05. The molecule has 1 rings (SSSR count). The van der Waals surface area contributed by atoms with Crippen molar-refractivity contribution in [2.75, 3.05) is 0 Å². The lowest BCUT2D eigenvalue weighted by molar-refractivity contribution is 0.768. The van der Waals surface area contributed by atoms with Gasteiger partial charge in [-0.15, -0.1) is 0 Å². The van der Waals surface area contributed by atoms with Crippen molar-refractivity contribution in [1.29, 1.82) is 0 Å². The van der Waals surface area contributed by atoms with Crippen LogP contribution >= 0.6 is 27.5 Å². The summed E-state index contributed by atoms with van der Waals surface area (Å²) in [5.74, 6) is 0. The lowest BCUT2D eigenvalue weighted by atomic mass is 10.7. The number of nitrogens with zero attached hydrogens (tertiary/aromatic N) is 2. The van der Waals surface area contributed by atoms with Crippen LogP contribution in [0.4, 0.5) is 0 Å². The van der Waals surface area contributed by atoms with E-state index in [9.17, 15) is 0 Å². The summed E-state index contributed by atoms with van der Waals surface area (Å²) < 4.78 is 2.42. The predicted molar refractivity (Wildman–Crippen MR) is 35.9 cm³/mol. The van der Waals surface area contributed by atoms with Gasteiger partial charge in [-0.2, -0.15) is 5.10 Å². The van der Waals surface area contributed by atoms with Gasteiger partial charge in [-0.3, -0.25) is 4.68 Å².